The van der Waals surface area contributed by atoms with Gasteiger partial charge in [0.05, 0.1) is 18.1 Å². The first-order valence-electron chi connectivity index (χ1n) is 5.79. The van der Waals surface area contributed by atoms with Crippen molar-refractivity contribution in [1.82, 2.24) is 4.98 Å². The van der Waals surface area contributed by atoms with E-state index in [2.05, 4.69) is 11.1 Å². The van der Waals surface area contributed by atoms with Crippen molar-refractivity contribution in [3.8, 4) is 6.07 Å². The average molecular weight is 245 g/mol. The van der Waals surface area contributed by atoms with E-state index in [1.165, 1.54) is 7.11 Å². The maximum Gasteiger partial charge on any atom is 0.313 e. The van der Waals surface area contributed by atoms with Crippen molar-refractivity contribution in [2.45, 2.75) is 13.3 Å². The number of anilines is 1. The highest BCUT2D eigenvalue weighted by molar-refractivity contribution is 5.78. The van der Waals surface area contributed by atoms with Gasteiger partial charge in [-0.15, -0.1) is 0 Å². The SMILES string of the molecule is COC(=O)C1(C)CCN(c2ncccc2C#N)C1. The molecule has 0 spiro atoms. The van der Waals surface area contributed by atoms with E-state index in [0.29, 0.717) is 30.9 Å². The number of nitriles is 1. The second-order valence-electron chi connectivity index (χ2n) is 4.71. The number of carbonyl (C=O) groups is 1. The molecule has 1 unspecified atom stereocenters. The topological polar surface area (TPSA) is 66.2 Å². The third-order valence-corrected chi connectivity index (χ3v) is 3.36. The van der Waals surface area contributed by atoms with Gasteiger partial charge >= 0.3 is 5.97 Å². The number of esters is 1. The number of ether oxygens (including phenoxy) is 1. The van der Waals surface area contributed by atoms with E-state index in [9.17, 15) is 4.79 Å². The molecule has 0 radical (unpaired) electrons. The fourth-order valence-electron chi connectivity index (χ4n) is 2.29. The summed E-state index contributed by atoms with van der Waals surface area (Å²) in [6, 6.07) is 5.59. The second-order valence-corrected chi connectivity index (χ2v) is 4.71. The molecule has 1 fully saturated rings. The summed E-state index contributed by atoms with van der Waals surface area (Å²) >= 11 is 0. The van der Waals surface area contributed by atoms with Crippen LogP contribution in [0.2, 0.25) is 0 Å². The Morgan fingerprint density at radius 3 is 3.11 bits per heavy atom. The average Bonchev–Trinajstić information content (AvgIpc) is 2.81. The van der Waals surface area contributed by atoms with Crippen LogP contribution in [-0.2, 0) is 9.53 Å². The number of pyridine rings is 1. The Morgan fingerprint density at radius 2 is 2.44 bits per heavy atom. The Hall–Kier alpha value is -2.09. The maximum absolute atomic E-state index is 11.7. The van der Waals surface area contributed by atoms with E-state index in [0.717, 1.165) is 0 Å². The zero-order chi connectivity index (χ0) is 13.2. The molecule has 2 heterocycles. The number of rotatable bonds is 2. The van der Waals surface area contributed by atoms with Crippen LogP contribution < -0.4 is 4.90 Å². The van der Waals surface area contributed by atoms with Crippen LogP contribution in [0.4, 0.5) is 5.82 Å². The van der Waals surface area contributed by atoms with Crippen LogP contribution in [0, 0.1) is 16.7 Å². The molecule has 1 saturated heterocycles. The predicted molar refractivity (Wildman–Crippen MR) is 65.9 cm³/mol. The van der Waals surface area contributed by atoms with Gasteiger partial charge in [-0.3, -0.25) is 4.79 Å². The van der Waals surface area contributed by atoms with Crippen molar-refractivity contribution in [1.29, 1.82) is 5.26 Å². The smallest absolute Gasteiger partial charge is 0.313 e. The summed E-state index contributed by atoms with van der Waals surface area (Å²) in [4.78, 5) is 17.9. The lowest BCUT2D eigenvalue weighted by atomic mass is 9.90. The summed E-state index contributed by atoms with van der Waals surface area (Å²) < 4.78 is 4.83. The first-order chi connectivity index (χ1) is 8.60. The van der Waals surface area contributed by atoms with Crippen LogP contribution >= 0.6 is 0 Å². The van der Waals surface area contributed by atoms with Crippen LogP contribution in [0.15, 0.2) is 18.3 Å². The van der Waals surface area contributed by atoms with Gasteiger partial charge in [0.2, 0.25) is 0 Å². The van der Waals surface area contributed by atoms with Crippen molar-refractivity contribution >= 4 is 11.8 Å². The molecule has 0 aromatic carbocycles. The molecule has 1 aliphatic heterocycles. The van der Waals surface area contributed by atoms with Gasteiger partial charge in [0.1, 0.15) is 11.9 Å². The highest BCUT2D eigenvalue weighted by Gasteiger charge is 2.42. The van der Waals surface area contributed by atoms with Gasteiger partial charge < -0.3 is 9.64 Å². The molecule has 94 valence electrons. The van der Waals surface area contributed by atoms with E-state index in [4.69, 9.17) is 10.00 Å². The zero-order valence-electron chi connectivity index (χ0n) is 10.5. The lowest BCUT2D eigenvalue weighted by Gasteiger charge is -2.22. The first-order valence-corrected chi connectivity index (χ1v) is 5.79. The standard InChI is InChI=1S/C13H15N3O2/c1-13(12(17)18-2)5-7-16(9-13)11-10(8-14)4-3-6-15-11/h3-4,6H,5,7,9H2,1-2H3. The molecule has 1 aromatic rings. The summed E-state index contributed by atoms with van der Waals surface area (Å²) in [7, 11) is 1.40. The van der Waals surface area contributed by atoms with Gasteiger partial charge in [0, 0.05) is 19.3 Å². The summed E-state index contributed by atoms with van der Waals surface area (Å²) in [6.45, 7) is 3.12. The van der Waals surface area contributed by atoms with Crippen LogP contribution in [-0.4, -0.2) is 31.2 Å². The third-order valence-electron chi connectivity index (χ3n) is 3.36. The van der Waals surface area contributed by atoms with Gasteiger partial charge in [-0.1, -0.05) is 0 Å². The molecule has 5 nitrogen and oxygen atoms in total. The quantitative estimate of drug-likeness (QED) is 0.736. The van der Waals surface area contributed by atoms with Crippen LogP contribution in [0.5, 0.6) is 0 Å². The molecule has 0 bridgehead atoms. The fraction of sp³-hybridized carbons (Fsp3) is 0.462. The third kappa shape index (κ3) is 2.02. The molecule has 1 atom stereocenters. The van der Waals surface area contributed by atoms with Crippen molar-refractivity contribution < 1.29 is 9.53 Å². The Labute approximate surface area is 106 Å². The number of hydrogen-bond donors (Lipinski definition) is 0. The normalized spacial score (nSPS) is 22.6. The van der Waals surface area contributed by atoms with E-state index < -0.39 is 5.41 Å². The van der Waals surface area contributed by atoms with Crippen LogP contribution in [0.25, 0.3) is 0 Å². The molecule has 18 heavy (non-hydrogen) atoms. The van der Waals surface area contributed by atoms with Crippen LogP contribution in [0.1, 0.15) is 18.9 Å². The van der Waals surface area contributed by atoms with Gasteiger partial charge in [-0.25, -0.2) is 4.98 Å². The van der Waals surface area contributed by atoms with Gasteiger partial charge in [0.25, 0.3) is 0 Å². The number of hydrogen-bond acceptors (Lipinski definition) is 5. The van der Waals surface area contributed by atoms with Crippen molar-refractivity contribution in [2.24, 2.45) is 5.41 Å². The molecular weight excluding hydrogens is 230 g/mol. The summed E-state index contributed by atoms with van der Waals surface area (Å²) in [6.07, 6.45) is 2.37. The molecule has 0 amide bonds. The molecule has 1 aromatic heterocycles. The molecule has 0 saturated carbocycles. The highest BCUT2D eigenvalue weighted by atomic mass is 16.5. The van der Waals surface area contributed by atoms with E-state index in [-0.39, 0.29) is 5.97 Å². The van der Waals surface area contributed by atoms with E-state index in [1.54, 1.807) is 18.3 Å². The van der Waals surface area contributed by atoms with Gasteiger partial charge in [-0.05, 0) is 25.5 Å². The van der Waals surface area contributed by atoms with Crippen molar-refractivity contribution in [3.05, 3.63) is 23.9 Å². The van der Waals surface area contributed by atoms with Gasteiger partial charge in [-0.2, -0.15) is 5.26 Å². The van der Waals surface area contributed by atoms with Crippen molar-refractivity contribution in [2.75, 3.05) is 25.1 Å². The second kappa shape index (κ2) is 4.65. The van der Waals surface area contributed by atoms with Crippen LogP contribution in [0.3, 0.4) is 0 Å². The lowest BCUT2D eigenvalue weighted by molar-refractivity contribution is -0.150. The fourth-order valence-corrected chi connectivity index (χ4v) is 2.29. The maximum atomic E-state index is 11.7. The Morgan fingerprint density at radius 1 is 1.67 bits per heavy atom. The molecule has 0 N–H and O–H groups in total. The number of aromatic nitrogens is 1. The highest BCUT2D eigenvalue weighted by Crippen LogP contribution is 2.34. The number of methoxy groups -OCH3 is 1. The molecule has 2 rings (SSSR count). The minimum absolute atomic E-state index is 0.209. The zero-order valence-corrected chi connectivity index (χ0v) is 10.5. The largest absolute Gasteiger partial charge is 0.469 e. The number of nitrogens with zero attached hydrogens (tertiary/aromatic N) is 3. The number of carbonyl (C=O) groups excluding carboxylic acids is 1. The Kier molecular flexibility index (Phi) is 3.19. The molecule has 0 aliphatic carbocycles. The molecule has 5 heteroatoms. The first kappa shape index (κ1) is 12.4. The molecule has 1 aliphatic rings. The monoisotopic (exact) mass is 245 g/mol. The van der Waals surface area contributed by atoms with E-state index >= 15 is 0 Å². The predicted octanol–water partition coefficient (Wildman–Crippen LogP) is 1.34. The van der Waals surface area contributed by atoms with Crippen molar-refractivity contribution in [3.63, 3.8) is 0 Å². The lowest BCUT2D eigenvalue weighted by Crippen LogP contribution is -2.33. The summed E-state index contributed by atoms with van der Waals surface area (Å²) in [5.41, 5.74) is 0.0190. The van der Waals surface area contributed by atoms with E-state index in [1.807, 2.05) is 11.8 Å². The minimum Gasteiger partial charge on any atom is -0.469 e. The Balaban J connectivity index is 2.24. The summed E-state index contributed by atoms with van der Waals surface area (Å²) in [5, 5.41) is 9.06. The summed E-state index contributed by atoms with van der Waals surface area (Å²) in [5.74, 6) is 0.437. The molecular formula is C13H15N3O2. The Bertz CT molecular complexity index is 509. The van der Waals surface area contributed by atoms with Gasteiger partial charge in [0.15, 0.2) is 0 Å². The minimum atomic E-state index is -0.515.